The molecule has 0 bridgehead atoms. The average Bonchev–Trinajstić information content (AvgIpc) is 1.66. The van der Waals surface area contributed by atoms with Crippen LogP contribution in [0, 0.1) is 6.57 Å². The van der Waals surface area contributed by atoms with Crippen LogP contribution in [-0.4, -0.2) is 199 Å². The van der Waals surface area contributed by atoms with Gasteiger partial charge in [0.2, 0.25) is 0 Å². The van der Waals surface area contributed by atoms with Gasteiger partial charge in [-0.3, -0.25) is 0 Å². The molecular formula is C67H49Ga5N23O. The van der Waals surface area contributed by atoms with Gasteiger partial charge in [0.05, 0.1) is 0 Å². The molecule has 11 heterocycles. The summed E-state index contributed by atoms with van der Waals surface area (Å²) in [5.74, 6) is 5.19. The van der Waals surface area contributed by atoms with E-state index in [1.54, 1.807) is 46.8 Å². The van der Waals surface area contributed by atoms with Crippen molar-refractivity contribution in [2.75, 3.05) is 0 Å². The second kappa shape index (κ2) is 31.2. The Morgan fingerprint density at radius 2 is 1.17 bits per heavy atom. The van der Waals surface area contributed by atoms with Gasteiger partial charge in [0.25, 0.3) is 0 Å². The number of hydrogen-bond donors (Lipinski definition) is 0. The van der Waals surface area contributed by atoms with Crippen LogP contribution in [0.3, 0.4) is 0 Å². The van der Waals surface area contributed by atoms with Gasteiger partial charge in [-0.15, -0.1) is 0 Å². The number of amidine groups is 1. The van der Waals surface area contributed by atoms with Crippen molar-refractivity contribution in [3.05, 3.63) is 290 Å². The summed E-state index contributed by atoms with van der Waals surface area (Å²) in [6.45, 7) is 10.3. The van der Waals surface area contributed by atoms with E-state index < -0.39 is 5.69 Å². The molecule has 96 heavy (non-hydrogen) atoms. The number of aliphatic imine (C=N–C) groups is 3. The van der Waals surface area contributed by atoms with Crippen molar-refractivity contribution in [1.82, 2.24) is 85.6 Å². The Hall–Kier alpha value is -10.5. The molecule has 0 saturated carbocycles. The third-order valence-corrected chi connectivity index (χ3v) is 20.1. The van der Waals surface area contributed by atoms with Crippen molar-refractivity contribution >= 4 is 146 Å². The maximum absolute atomic E-state index is 11.0. The van der Waals surface area contributed by atoms with Crippen LogP contribution >= 0.6 is 0 Å². The molecule has 453 valence electrons. The second-order valence-corrected chi connectivity index (χ2v) is 27.5. The van der Waals surface area contributed by atoms with Gasteiger partial charge in [0.15, 0.2) is 0 Å². The van der Waals surface area contributed by atoms with Gasteiger partial charge in [-0.05, 0) is 0 Å². The van der Waals surface area contributed by atoms with E-state index in [0.717, 1.165) is 173 Å². The summed E-state index contributed by atoms with van der Waals surface area (Å²) >= 11 is 4.60. The van der Waals surface area contributed by atoms with E-state index in [0.29, 0.717) is 23.0 Å². The first-order chi connectivity index (χ1) is 47.0. The molecule has 0 fully saturated rings. The number of hydrogen-bond acceptors (Lipinski definition) is 17. The molecule has 29 heteroatoms. The van der Waals surface area contributed by atoms with E-state index >= 15 is 0 Å². The number of rotatable bonds is 9. The van der Waals surface area contributed by atoms with Crippen LogP contribution in [0.1, 0.15) is 5.69 Å². The Morgan fingerprint density at radius 3 is 1.86 bits per heavy atom. The standard InChI is InChI=1S/C18H13N4.C16H11N4.C15H9N4.C10H6N7.C8H6N4O.5Ga.5H/c1-3-7-14(8-4-1)18-21-16(17-19-11-12-20-17)13-22(18)15-9-5-2-6-10-15;1-2-6-12(7-3-1)20-10-15(17-11-20)16-18-13-8-4-5-9-14(13)19-16;1-2-4-11-8-17-13(7-10(11)3-1)15-18-12-5-6-16-9-14(12)19-15;1-11-9(12-2)10-16-6-15-8(17-10)7-5-13-3-4-14-7;13-8-11-5-10-7(12-8)6-3-1-2-4-9-6;;;;;;;;;;/h1-13H;1-11H;1-9H;3-6H,1H2;1-5H,(H,10,11,12,13);;;;;;;;;;/q4*-1;;5*+1;;;;;/p-1/b;;;10-9-;;;;;;;;;;;. The Balaban J connectivity index is 0.000000116. The van der Waals surface area contributed by atoms with E-state index in [9.17, 15) is 4.79 Å². The first-order valence-electron chi connectivity index (χ1n) is 29.2. The van der Waals surface area contributed by atoms with E-state index in [1.807, 2.05) is 148 Å². The number of fused-ring (bicyclic) bond motifs is 3. The number of aromatic nitrogens is 18. The fraction of sp³-hybridized carbons (Fsp3) is 0. The predicted octanol–water partition coefficient (Wildman–Crippen LogP) is 7.42. The van der Waals surface area contributed by atoms with Crippen molar-refractivity contribution in [1.29, 1.82) is 0 Å². The third kappa shape index (κ3) is 15.3. The van der Waals surface area contributed by atoms with Gasteiger partial charge >= 0.3 is 605 Å². The number of nitrogens with zero attached hydrogens (tertiary/aromatic N) is 23. The second-order valence-electron chi connectivity index (χ2n) is 20.5. The molecule has 24 nitrogen and oxygen atoms in total. The van der Waals surface area contributed by atoms with Gasteiger partial charge in [0, 0.05) is 0 Å². The molecule has 5 radical (unpaired) electrons. The molecular weight excluding hydrogens is 1490 g/mol. The van der Waals surface area contributed by atoms with E-state index in [1.165, 1.54) is 17.2 Å². The normalized spacial score (nSPS) is 11.9. The van der Waals surface area contributed by atoms with Crippen LogP contribution in [0.4, 0.5) is 0 Å². The summed E-state index contributed by atoms with van der Waals surface area (Å²) in [5.41, 5.74) is 11.1. The van der Waals surface area contributed by atoms with Gasteiger partial charge in [-0.2, -0.15) is 0 Å². The SMILES string of the molecule is O=c1nc[n]([GaH])c(-c2ccccn2)n1.[C-]#[N+]/C(N=C)=C1/N=C[N]([GaH])C(c2cnccn2)=N1.[GaH][n]1c(-c2cc3ccccc3cn2)nc2cnccc21.[GaH][n]1c(-c2cn(-c3ccccc3)cn2)nc2ccccc21.[GaH][n]1ccnc1-c1cn(-c2ccccc2)c(-c2ccccc2)n1. The van der Waals surface area contributed by atoms with Crippen molar-refractivity contribution in [2.24, 2.45) is 15.0 Å². The van der Waals surface area contributed by atoms with E-state index in [-0.39, 0.29) is 11.6 Å². The zero-order chi connectivity index (χ0) is 66.3. The molecule has 10 aromatic heterocycles. The molecule has 0 aliphatic carbocycles. The molecule has 0 amide bonds. The predicted molar refractivity (Wildman–Crippen MR) is 380 cm³/mol. The quantitative estimate of drug-likeness (QED) is 0.0775. The number of benzene rings is 5. The van der Waals surface area contributed by atoms with E-state index in [2.05, 4.69) is 158 Å². The molecule has 1 aliphatic rings. The summed E-state index contributed by atoms with van der Waals surface area (Å²) < 4.78 is 14.2. The number of para-hydroxylation sites is 4. The molecule has 16 rings (SSSR count). The summed E-state index contributed by atoms with van der Waals surface area (Å²) in [4.78, 5) is 77.6. The van der Waals surface area contributed by atoms with Crippen LogP contribution < -0.4 is 5.69 Å². The molecule has 1 aliphatic heterocycles. The van der Waals surface area contributed by atoms with Crippen LogP contribution in [0.15, 0.2) is 282 Å². The Morgan fingerprint density at radius 1 is 0.490 bits per heavy atom. The van der Waals surface area contributed by atoms with E-state index in [4.69, 9.17) is 16.5 Å². The van der Waals surface area contributed by atoms with Crippen LogP contribution in [0.25, 0.3) is 107 Å². The molecule has 0 N–H and O–H groups in total. The minimum atomic E-state index is -0.477. The first-order valence-corrected chi connectivity index (χ1v) is 35.8. The first kappa shape index (κ1) is 65.6. The summed E-state index contributed by atoms with van der Waals surface area (Å²) in [7, 11) is 0. The molecule has 0 spiro atoms. The fourth-order valence-electron chi connectivity index (χ4n) is 9.75. The monoisotopic (exact) mass is 1540 g/mol. The molecule has 0 unspecified atom stereocenters. The minimum absolute atomic E-state index is 0.0701. The Labute approximate surface area is 600 Å². The molecule has 0 atom stereocenters. The average molecular weight is 1540 g/mol. The fourth-order valence-corrected chi connectivity index (χ4v) is 13.9. The molecule has 0 saturated heterocycles. The summed E-state index contributed by atoms with van der Waals surface area (Å²) in [6, 6.07) is 56.7. The number of imidazole rings is 5. The van der Waals surface area contributed by atoms with Crippen molar-refractivity contribution in [2.45, 2.75) is 0 Å². The Kier molecular flexibility index (Phi) is 21.3. The Bertz CT molecular complexity index is 5340. The van der Waals surface area contributed by atoms with Crippen LogP contribution in [-0.2, 0) is 0 Å². The van der Waals surface area contributed by atoms with Gasteiger partial charge < -0.3 is 0 Å². The van der Waals surface area contributed by atoms with Crippen molar-refractivity contribution < 1.29 is 0 Å². The summed E-state index contributed by atoms with van der Waals surface area (Å²) in [6.07, 6.45) is 24.8. The summed E-state index contributed by atoms with van der Waals surface area (Å²) in [5, 5.41) is 2.33. The number of pyridine rings is 3. The molecule has 5 aromatic carbocycles. The zero-order valence-electron chi connectivity index (χ0n) is 51.2. The van der Waals surface area contributed by atoms with Gasteiger partial charge in [0.1, 0.15) is 0 Å². The maximum atomic E-state index is 11.0. The zero-order valence-corrected chi connectivity index (χ0v) is 66.0. The van der Waals surface area contributed by atoms with Gasteiger partial charge in [-0.25, -0.2) is 0 Å². The molecule has 15 aromatic rings. The van der Waals surface area contributed by atoms with Crippen molar-refractivity contribution in [3.8, 4) is 68.8 Å². The van der Waals surface area contributed by atoms with Crippen LogP contribution in [0.5, 0.6) is 0 Å². The van der Waals surface area contributed by atoms with Crippen molar-refractivity contribution in [3.63, 3.8) is 0 Å². The van der Waals surface area contributed by atoms with Gasteiger partial charge in [-0.1, -0.05) is 0 Å². The third-order valence-electron chi connectivity index (χ3n) is 14.4. The topological polar surface area (TPSA) is 246 Å². The van der Waals surface area contributed by atoms with Crippen LogP contribution in [0.2, 0.25) is 0 Å².